The lowest BCUT2D eigenvalue weighted by molar-refractivity contribution is 0.602. The molecule has 0 saturated carbocycles. The van der Waals surface area contributed by atoms with Gasteiger partial charge in [0.2, 0.25) is 0 Å². The zero-order valence-corrected chi connectivity index (χ0v) is 9.62. The average molecular weight is 206 g/mol. The van der Waals surface area contributed by atoms with Gasteiger partial charge >= 0.3 is 0 Å². The monoisotopic (exact) mass is 206 g/mol. The van der Waals surface area contributed by atoms with Crippen molar-refractivity contribution in [3.05, 3.63) is 17.6 Å². The first kappa shape index (κ1) is 10.4. The van der Waals surface area contributed by atoms with Crippen molar-refractivity contribution in [2.24, 2.45) is 0 Å². The molecular weight excluding hydrogens is 188 g/mol. The Hall–Kier alpha value is -1.16. The highest BCUT2D eigenvalue weighted by atomic mass is 15.2. The molecule has 4 nitrogen and oxygen atoms in total. The quantitative estimate of drug-likeness (QED) is 0.791. The second kappa shape index (κ2) is 4.14. The molecule has 82 valence electrons. The van der Waals surface area contributed by atoms with Crippen molar-refractivity contribution in [3.63, 3.8) is 0 Å². The van der Waals surface area contributed by atoms with E-state index in [0.29, 0.717) is 6.04 Å². The van der Waals surface area contributed by atoms with E-state index >= 15 is 0 Å². The standard InChI is InChI=1S/C11H18N4/c1-8-7-10(15(2)3)14-11(13-8)9-5-4-6-12-9/h7,9,12H,4-6H2,1-3H3/t9-/m0/s1. The van der Waals surface area contributed by atoms with E-state index in [0.717, 1.165) is 30.3 Å². The summed E-state index contributed by atoms with van der Waals surface area (Å²) in [5.41, 5.74) is 1.04. The van der Waals surface area contributed by atoms with Crippen LogP contribution in [0.3, 0.4) is 0 Å². The van der Waals surface area contributed by atoms with Crippen LogP contribution in [-0.4, -0.2) is 30.6 Å². The number of hydrogen-bond acceptors (Lipinski definition) is 4. The summed E-state index contributed by atoms with van der Waals surface area (Å²) in [5.74, 6) is 1.93. The zero-order valence-electron chi connectivity index (χ0n) is 9.62. The molecule has 0 radical (unpaired) electrons. The maximum absolute atomic E-state index is 4.57. The molecule has 0 spiro atoms. The number of aromatic nitrogens is 2. The molecule has 0 bridgehead atoms. The van der Waals surface area contributed by atoms with Crippen LogP contribution < -0.4 is 10.2 Å². The lowest BCUT2D eigenvalue weighted by Crippen LogP contribution is -2.19. The van der Waals surface area contributed by atoms with Crippen LogP contribution in [0, 0.1) is 6.92 Å². The van der Waals surface area contributed by atoms with E-state index in [4.69, 9.17) is 0 Å². The van der Waals surface area contributed by atoms with Gasteiger partial charge in [0.25, 0.3) is 0 Å². The lowest BCUT2D eigenvalue weighted by atomic mass is 10.2. The van der Waals surface area contributed by atoms with Gasteiger partial charge < -0.3 is 10.2 Å². The molecule has 0 aromatic carbocycles. The fraction of sp³-hybridized carbons (Fsp3) is 0.636. The second-order valence-electron chi connectivity index (χ2n) is 4.27. The predicted octanol–water partition coefficient (Wildman–Crippen LogP) is 1.28. The van der Waals surface area contributed by atoms with Crippen LogP contribution in [0.1, 0.15) is 30.4 Å². The van der Waals surface area contributed by atoms with Gasteiger partial charge in [0.1, 0.15) is 11.6 Å². The van der Waals surface area contributed by atoms with Crippen molar-refractivity contribution in [2.75, 3.05) is 25.5 Å². The first-order chi connectivity index (χ1) is 7.16. The average Bonchev–Trinajstić information content (AvgIpc) is 2.69. The third kappa shape index (κ3) is 2.26. The molecule has 2 rings (SSSR count). The molecule has 1 N–H and O–H groups in total. The summed E-state index contributed by atoms with van der Waals surface area (Å²) in [4.78, 5) is 11.1. The Balaban J connectivity index is 2.30. The van der Waals surface area contributed by atoms with Gasteiger partial charge in [0, 0.05) is 25.9 Å². The number of rotatable bonds is 2. The number of aryl methyl sites for hydroxylation is 1. The van der Waals surface area contributed by atoms with Gasteiger partial charge in [0.15, 0.2) is 0 Å². The van der Waals surface area contributed by atoms with Crippen LogP contribution >= 0.6 is 0 Å². The molecule has 0 amide bonds. The van der Waals surface area contributed by atoms with Crippen molar-refractivity contribution < 1.29 is 0 Å². The lowest BCUT2D eigenvalue weighted by Gasteiger charge is -2.15. The fourth-order valence-corrected chi connectivity index (χ4v) is 1.86. The summed E-state index contributed by atoms with van der Waals surface area (Å²) < 4.78 is 0. The maximum Gasteiger partial charge on any atom is 0.147 e. The smallest absolute Gasteiger partial charge is 0.147 e. The van der Waals surface area contributed by atoms with Crippen molar-refractivity contribution in [1.29, 1.82) is 0 Å². The molecule has 1 atom stereocenters. The molecule has 1 aliphatic heterocycles. The predicted molar refractivity (Wildman–Crippen MR) is 61.1 cm³/mol. The van der Waals surface area contributed by atoms with E-state index in [2.05, 4.69) is 15.3 Å². The molecule has 1 aliphatic rings. The molecule has 1 aromatic heterocycles. The van der Waals surface area contributed by atoms with E-state index in [1.165, 1.54) is 6.42 Å². The van der Waals surface area contributed by atoms with E-state index in [1.807, 2.05) is 32.0 Å². The second-order valence-corrected chi connectivity index (χ2v) is 4.27. The molecule has 1 saturated heterocycles. The Bertz CT molecular complexity index is 342. The Morgan fingerprint density at radius 3 is 2.80 bits per heavy atom. The molecule has 0 unspecified atom stereocenters. The zero-order chi connectivity index (χ0) is 10.8. The molecule has 15 heavy (non-hydrogen) atoms. The molecular formula is C11H18N4. The highest BCUT2D eigenvalue weighted by Crippen LogP contribution is 2.21. The molecule has 2 heterocycles. The SMILES string of the molecule is Cc1cc(N(C)C)nc([C@@H]2CCCN2)n1. The van der Waals surface area contributed by atoms with Crippen molar-refractivity contribution >= 4 is 5.82 Å². The Labute approximate surface area is 90.7 Å². The number of anilines is 1. The minimum atomic E-state index is 0.351. The normalized spacial score (nSPS) is 20.6. The minimum absolute atomic E-state index is 0.351. The summed E-state index contributed by atoms with van der Waals surface area (Å²) in [6, 6.07) is 2.36. The number of hydrogen-bond donors (Lipinski definition) is 1. The molecule has 0 aliphatic carbocycles. The molecule has 1 aromatic rings. The van der Waals surface area contributed by atoms with Gasteiger partial charge in [-0.05, 0) is 26.3 Å². The van der Waals surface area contributed by atoms with E-state index in [1.54, 1.807) is 0 Å². The van der Waals surface area contributed by atoms with Crippen LogP contribution in [0.5, 0.6) is 0 Å². The van der Waals surface area contributed by atoms with Gasteiger partial charge in [-0.2, -0.15) is 0 Å². The summed E-state index contributed by atoms with van der Waals surface area (Å²) in [6.07, 6.45) is 2.37. The van der Waals surface area contributed by atoms with Crippen molar-refractivity contribution in [3.8, 4) is 0 Å². The van der Waals surface area contributed by atoms with Gasteiger partial charge in [-0.1, -0.05) is 0 Å². The summed E-state index contributed by atoms with van der Waals surface area (Å²) in [6.45, 7) is 3.10. The minimum Gasteiger partial charge on any atom is -0.363 e. The summed E-state index contributed by atoms with van der Waals surface area (Å²) >= 11 is 0. The number of nitrogens with zero attached hydrogens (tertiary/aromatic N) is 3. The van der Waals surface area contributed by atoms with Crippen LogP contribution in [0.4, 0.5) is 5.82 Å². The summed E-state index contributed by atoms with van der Waals surface area (Å²) in [7, 11) is 4.02. The Morgan fingerprint density at radius 1 is 1.40 bits per heavy atom. The van der Waals surface area contributed by atoms with Gasteiger partial charge in [-0.3, -0.25) is 0 Å². The molecule has 4 heteroatoms. The first-order valence-corrected chi connectivity index (χ1v) is 5.43. The van der Waals surface area contributed by atoms with E-state index in [-0.39, 0.29) is 0 Å². The highest BCUT2D eigenvalue weighted by molar-refractivity contribution is 5.37. The Morgan fingerprint density at radius 2 is 2.20 bits per heavy atom. The third-order valence-corrected chi connectivity index (χ3v) is 2.69. The Kier molecular flexibility index (Phi) is 2.86. The first-order valence-electron chi connectivity index (χ1n) is 5.43. The van der Waals surface area contributed by atoms with Crippen LogP contribution in [0.2, 0.25) is 0 Å². The fourth-order valence-electron chi connectivity index (χ4n) is 1.86. The van der Waals surface area contributed by atoms with Gasteiger partial charge in [-0.25, -0.2) is 9.97 Å². The van der Waals surface area contributed by atoms with Crippen LogP contribution in [0.25, 0.3) is 0 Å². The highest BCUT2D eigenvalue weighted by Gasteiger charge is 2.19. The van der Waals surface area contributed by atoms with Crippen LogP contribution in [-0.2, 0) is 0 Å². The third-order valence-electron chi connectivity index (χ3n) is 2.69. The van der Waals surface area contributed by atoms with Crippen molar-refractivity contribution in [1.82, 2.24) is 15.3 Å². The summed E-state index contributed by atoms with van der Waals surface area (Å²) in [5, 5.41) is 3.42. The number of nitrogens with one attached hydrogen (secondary N) is 1. The van der Waals surface area contributed by atoms with Crippen LogP contribution in [0.15, 0.2) is 6.07 Å². The van der Waals surface area contributed by atoms with E-state index < -0.39 is 0 Å². The molecule has 1 fully saturated rings. The van der Waals surface area contributed by atoms with Crippen molar-refractivity contribution in [2.45, 2.75) is 25.8 Å². The topological polar surface area (TPSA) is 41.1 Å². The van der Waals surface area contributed by atoms with Gasteiger partial charge in [-0.15, -0.1) is 0 Å². The maximum atomic E-state index is 4.57. The largest absolute Gasteiger partial charge is 0.363 e. The van der Waals surface area contributed by atoms with E-state index in [9.17, 15) is 0 Å². The van der Waals surface area contributed by atoms with Gasteiger partial charge in [0.05, 0.1) is 6.04 Å².